The second-order valence-electron chi connectivity index (χ2n) is 6.05. The van der Waals surface area contributed by atoms with Gasteiger partial charge in [-0.2, -0.15) is 0 Å². The van der Waals surface area contributed by atoms with Crippen molar-refractivity contribution in [2.45, 2.75) is 38.4 Å². The largest absolute Gasteiger partial charge is 0.497 e. The SMILES string of the molecule is C=C[C@H]1OC=C(OCc2ccc(OC)cc2)[C@H]2CCCC[C@@H]21. The third-order valence-corrected chi connectivity index (χ3v) is 4.75. The molecule has 0 spiro atoms. The summed E-state index contributed by atoms with van der Waals surface area (Å²) in [5.41, 5.74) is 1.14. The number of benzene rings is 1. The van der Waals surface area contributed by atoms with Gasteiger partial charge < -0.3 is 14.2 Å². The zero-order valence-electron chi connectivity index (χ0n) is 13.2. The number of methoxy groups -OCH3 is 1. The standard InChI is InChI=1S/C19H24O3/c1-3-18-16-6-4-5-7-17(16)19(13-22-18)21-12-14-8-10-15(20-2)11-9-14/h3,8-11,13,16-18H,1,4-7,12H2,2H3/t16-,17-,18+/m0/s1. The minimum absolute atomic E-state index is 0.138. The third kappa shape index (κ3) is 3.13. The van der Waals surface area contributed by atoms with E-state index in [4.69, 9.17) is 14.2 Å². The van der Waals surface area contributed by atoms with Crippen molar-refractivity contribution in [3.8, 4) is 5.75 Å². The lowest BCUT2D eigenvalue weighted by Crippen LogP contribution is -2.35. The van der Waals surface area contributed by atoms with E-state index in [2.05, 4.69) is 6.58 Å². The average Bonchev–Trinajstić information content (AvgIpc) is 2.60. The first kappa shape index (κ1) is 15.0. The van der Waals surface area contributed by atoms with Gasteiger partial charge in [-0.1, -0.05) is 37.6 Å². The Labute approximate surface area is 132 Å². The molecular weight excluding hydrogens is 276 g/mol. The lowest BCUT2D eigenvalue weighted by atomic mass is 9.74. The van der Waals surface area contributed by atoms with Crippen LogP contribution in [0.25, 0.3) is 0 Å². The van der Waals surface area contributed by atoms with Crippen LogP contribution in [0.3, 0.4) is 0 Å². The Morgan fingerprint density at radius 2 is 2.00 bits per heavy atom. The topological polar surface area (TPSA) is 27.7 Å². The second-order valence-corrected chi connectivity index (χ2v) is 6.05. The molecule has 3 rings (SSSR count). The van der Waals surface area contributed by atoms with Crippen LogP contribution in [0, 0.1) is 11.8 Å². The van der Waals surface area contributed by atoms with Crippen molar-refractivity contribution in [1.82, 2.24) is 0 Å². The molecule has 1 fully saturated rings. The van der Waals surface area contributed by atoms with Gasteiger partial charge in [0.25, 0.3) is 0 Å². The molecule has 1 aliphatic heterocycles. The van der Waals surface area contributed by atoms with Crippen LogP contribution in [0.1, 0.15) is 31.2 Å². The summed E-state index contributed by atoms with van der Waals surface area (Å²) < 4.78 is 17.1. The van der Waals surface area contributed by atoms with Crippen molar-refractivity contribution in [3.05, 3.63) is 54.5 Å². The number of rotatable bonds is 5. The quantitative estimate of drug-likeness (QED) is 0.752. The zero-order chi connectivity index (χ0) is 15.4. The Balaban J connectivity index is 1.65. The van der Waals surface area contributed by atoms with Gasteiger partial charge >= 0.3 is 0 Å². The number of fused-ring (bicyclic) bond motifs is 1. The average molecular weight is 300 g/mol. The van der Waals surface area contributed by atoms with Gasteiger partial charge in [0.15, 0.2) is 0 Å². The van der Waals surface area contributed by atoms with Crippen LogP contribution >= 0.6 is 0 Å². The maximum Gasteiger partial charge on any atom is 0.134 e. The summed E-state index contributed by atoms with van der Waals surface area (Å²) in [5, 5.41) is 0. The van der Waals surface area contributed by atoms with Crippen LogP contribution in [-0.2, 0) is 16.1 Å². The predicted octanol–water partition coefficient (Wildman–Crippen LogP) is 4.44. The molecule has 3 heteroatoms. The smallest absolute Gasteiger partial charge is 0.134 e. The molecule has 1 heterocycles. The molecule has 1 saturated carbocycles. The molecule has 3 nitrogen and oxygen atoms in total. The lowest BCUT2D eigenvalue weighted by molar-refractivity contribution is 0.00494. The summed E-state index contributed by atoms with van der Waals surface area (Å²) in [5.74, 6) is 2.86. The maximum absolute atomic E-state index is 6.07. The van der Waals surface area contributed by atoms with Gasteiger partial charge in [0, 0.05) is 11.8 Å². The fourth-order valence-corrected chi connectivity index (χ4v) is 3.50. The van der Waals surface area contributed by atoms with Crippen LogP contribution in [0.5, 0.6) is 5.75 Å². The van der Waals surface area contributed by atoms with E-state index < -0.39 is 0 Å². The molecule has 22 heavy (non-hydrogen) atoms. The number of ether oxygens (including phenoxy) is 3. The first-order valence-corrected chi connectivity index (χ1v) is 8.05. The monoisotopic (exact) mass is 300 g/mol. The second kappa shape index (κ2) is 6.91. The van der Waals surface area contributed by atoms with E-state index in [9.17, 15) is 0 Å². The fraction of sp³-hybridized carbons (Fsp3) is 0.474. The van der Waals surface area contributed by atoms with Gasteiger partial charge in [-0.15, -0.1) is 0 Å². The van der Waals surface area contributed by atoms with Crippen LogP contribution in [-0.4, -0.2) is 13.2 Å². The summed E-state index contributed by atoms with van der Waals surface area (Å²) in [6, 6.07) is 7.99. The van der Waals surface area contributed by atoms with E-state index in [-0.39, 0.29) is 6.10 Å². The Hall–Kier alpha value is -1.90. The van der Waals surface area contributed by atoms with Gasteiger partial charge in [-0.3, -0.25) is 0 Å². The molecule has 0 aromatic heterocycles. The molecule has 118 valence electrons. The highest BCUT2D eigenvalue weighted by Crippen LogP contribution is 2.42. The van der Waals surface area contributed by atoms with Gasteiger partial charge in [0.05, 0.1) is 7.11 Å². The van der Waals surface area contributed by atoms with E-state index in [1.54, 1.807) is 7.11 Å². The Morgan fingerprint density at radius 1 is 1.23 bits per heavy atom. The van der Waals surface area contributed by atoms with E-state index in [1.807, 2.05) is 36.6 Å². The molecule has 3 atom stereocenters. The van der Waals surface area contributed by atoms with Crippen LogP contribution in [0.15, 0.2) is 48.9 Å². The first-order valence-electron chi connectivity index (χ1n) is 8.05. The summed E-state index contributed by atoms with van der Waals surface area (Å²) >= 11 is 0. The highest BCUT2D eigenvalue weighted by atomic mass is 16.5. The molecule has 2 aliphatic rings. The molecule has 0 unspecified atom stereocenters. The van der Waals surface area contributed by atoms with Crippen LogP contribution < -0.4 is 4.74 Å². The molecule has 0 saturated heterocycles. The predicted molar refractivity (Wildman–Crippen MR) is 86.4 cm³/mol. The van der Waals surface area contributed by atoms with E-state index in [0.29, 0.717) is 18.4 Å². The van der Waals surface area contributed by atoms with Gasteiger partial charge in [-0.25, -0.2) is 0 Å². The summed E-state index contributed by atoms with van der Waals surface area (Å²) in [7, 11) is 1.68. The number of hydrogen-bond donors (Lipinski definition) is 0. The van der Waals surface area contributed by atoms with Crippen molar-refractivity contribution in [1.29, 1.82) is 0 Å². The van der Waals surface area contributed by atoms with E-state index in [0.717, 1.165) is 17.1 Å². The third-order valence-electron chi connectivity index (χ3n) is 4.75. The minimum atomic E-state index is 0.138. The van der Waals surface area contributed by atoms with Crippen molar-refractivity contribution in [3.63, 3.8) is 0 Å². The normalized spacial score (nSPS) is 27.1. The fourth-order valence-electron chi connectivity index (χ4n) is 3.50. The number of allylic oxidation sites excluding steroid dienone is 1. The molecule has 1 aromatic carbocycles. The minimum Gasteiger partial charge on any atom is -0.497 e. The van der Waals surface area contributed by atoms with Crippen molar-refractivity contribution in [2.75, 3.05) is 7.11 Å². The highest BCUT2D eigenvalue weighted by Gasteiger charge is 2.37. The molecule has 1 aliphatic carbocycles. The van der Waals surface area contributed by atoms with Crippen LogP contribution in [0.4, 0.5) is 0 Å². The highest BCUT2D eigenvalue weighted by molar-refractivity contribution is 5.26. The Morgan fingerprint density at radius 3 is 2.73 bits per heavy atom. The molecule has 1 aromatic rings. The zero-order valence-corrected chi connectivity index (χ0v) is 13.2. The summed E-state index contributed by atoms with van der Waals surface area (Å²) in [6.45, 7) is 4.47. The lowest BCUT2D eigenvalue weighted by Gasteiger charge is -2.39. The molecule has 0 radical (unpaired) electrons. The Bertz CT molecular complexity index is 532. The van der Waals surface area contributed by atoms with E-state index >= 15 is 0 Å². The number of hydrogen-bond acceptors (Lipinski definition) is 3. The van der Waals surface area contributed by atoms with Gasteiger partial charge in [-0.05, 0) is 30.5 Å². The van der Waals surface area contributed by atoms with Crippen molar-refractivity contribution >= 4 is 0 Å². The summed E-state index contributed by atoms with van der Waals surface area (Å²) in [4.78, 5) is 0. The first-order chi connectivity index (χ1) is 10.8. The maximum atomic E-state index is 6.07. The Kier molecular flexibility index (Phi) is 4.71. The molecular formula is C19H24O3. The van der Waals surface area contributed by atoms with Gasteiger partial charge in [0.2, 0.25) is 0 Å². The van der Waals surface area contributed by atoms with Crippen LogP contribution in [0.2, 0.25) is 0 Å². The van der Waals surface area contributed by atoms with Gasteiger partial charge in [0.1, 0.15) is 30.5 Å². The van der Waals surface area contributed by atoms with Crippen molar-refractivity contribution < 1.29 is 14.2 Å². The molecule has 0 N–H and O–H groups in total. The van der Waals surface area contributed by atoms with E-state index in [1.165, 1.54) is 25.7 Å². The molecule has 0 amide bonds. The summed E-state index contributed by atoms with van der Waals surface area (Å²) in [6.07, 6.45) is 8.81. The molecule has 0 bridgehead atoms. The van der Waals surface area contributed by atoms with Crippen molar-refractivity contribution in [2.24, 2.45) is 11.8 Å².